The fourth-order valence-corrected chi connectivity index (χ4v) is 5.25. The molecule has 0 heterocycles. The van der Waals surface area contributed by atoms with Crippen LogP contribution in [0.2, 0.25) is 0 Å². The van der Waals surface area contributed by atoms with Gasteiger partial charge in [-0.1, -0.05) is 53.4 Å². The van der Waals surface area contributed by atoms with Crippen LogP contribution in [0.3, 0.4) is 0 Å². The first-order valence-electron chi connectivity index (χ1n) is 9.32. The van der Waals surface area contributed by atoms with Gasteiger partial charge in [-0.3, -0.25) is 4.79 Å². The number of hydrogen-bond donors (Lipinski definition) is 2. The highest BCUT2D eigenvalue weighted by Crippen LogP contribution is 2.42. The van der Waals surface area contributed by atoms with Crippen LogP contribution in [0.15, 0.2) is 28.7 Å². The van der Waals surface area contributed by atoms with Crippen LogP contribution in [0.1, 0.15) is 63.4 Å². The SMILES string of the molecule is O=C(O)C1CCC(NCC2(c3ccccc3Br)CCCCC2)CC1. The van der Waals surface area contributed by atoms with Crippen molar-refractivity contribution < 1.29 is 9.90 Å². The highest BCUT2D eigenvalue weighted by atomic mass is 79.9. The summed E-state index contributed by atoms with van der Waals surface area (Å²) < 4.78 is 1.23. The molecule has 0 amide bonds. The van der Waals surface area contributed by atoms with Crippen molar-refractivity contribution in [3.63, 3.8) is 0 Å². The lowest BCUT2D eigenvalue weighted by atomic mass is 9.69. The molecule has 0 aromatic heterocycles. The zero-order valence-corrected chi connectivity index (χ0v) is 15.9. The van der Waals surface area contributed by atoms with E-state index in [9.17, 15) is 4.79 Å². The van der Waals surface area contributed by atoms with E-state index in [-0.39, 0.29) is 11.3 Å². The van der Waals surface area contributed by atoms with Crippen LogP contribution in [-0.2, 0) is 10.2 Å². The molecule has 3 nitrogen and oxygen atoms in total. The van der Waals surface area contributed by atoms with Crippen LogP contribution < -0.4 is 5.32 Å². The summed E-state index contributed by atoms with van der Waals surface area (Å²) in [6, 6.07) is 9.14. The van der Waals surface area contributed by atoms with Crippen LogP contribution in [0.5, 0.6) is 0 Å². The largest absolute Gasteiger partial charge is 0.481 e. The first-order valence-corrected chi connectivity index (χ1v) is 10.1. The van der Waals surface area contributed by atoms with Gasteiger partial charge in [0.2, 0.25) is 0 Å². The van der Waals surface area contributed by atoms with E-state index in [1.807, 2.05) is 0 Å². The molecular formula is C20H28BrNO2. The monoisotopic (exact) mass is 393 g/mol. The highest BCUT2D eigenvalue weighted by molar-refractivity contribution is 9.10. The fraction of sp³-hybridized carbons (Fsp3) is 0.650. The molecule has 0 unspecified atom stereocenters. The minimum Gasteiger partial charge on any atom is -0.481 e. The molecule has 2 saturated carbocycles. The van der Waals surface area contributed by atoms with Crippen molar-refractivity contribution in [1.29, 1.82) is 0 Å². The summed E-state index contributed by atoms with van der Waals surface area (Å²) in [5.41, 5.74) is 1.67. The molecule has 2 N–H and O–H groups in total. The van der Waals surface area contributed by atoms with Gasteiger partial charge < -0.3 is 10.4 Å². The lowest BCUT2D eigenvalue weighted by Gasteiger charge is -2.40. The van der Waals surface area contributed by atoms with Gasteiger partial charge in [-0.2, -0.15) is 0 Å². The third kappa shape index (κ3) is 4.02. The maximum atomic E-state index is 11.1. The summed E-state index contributed by atoms with van der Waals surface area (Å²) in [7, 11) is 0. The van der Waals surface area contributed by atoms with Crippen LogP contribution >= 0.6 is 15.9 Å². The van der Waals surface area contributed by atoms with Gasteiger partial charge in [0.15, 0.2) is 0 Å². The second-order valence-electron chi connectivity index (χ2n) is 7.59. The molecule has 132 valence electrons. The quantitative estimate of drug-likeness (QED) is 0.748. The Morgan fingerprint density at radius 2 is 1.79 bits per heavy atom. The number of carboxylic acid groups (broad SMARTS) is 1. The van der Waals surface area contributed by atoms with Crippen molar-refractivity contribution >= 4 is 21.9 Å². The van der Waals surface area contributed by atoms with E-state index in [0.717, 1.165) is 32.2 Å². The molecule has 0 radical (unpaired) electrons. The maximum Gasteiger partial charge on any atom is 0.306 e. The molecule has 1 aromatic carbocycles. The maximum absolute atomic E-state index is 11.1. The number of aliphatic carboxylic acids is 1. The van der Waals surface area contributed by atoms with Gasteiger partial charge in [0, 0.05) is 22.5 Å². The number of benzene rings is 1. The molecule has 24 heavy (non-hydrogen) atoms. The van der Waals surface area contributed by atoms with Crippen molar-refractivity contribution in [3.8, 4) is 0 Å². The molecule has 0 spiro atoms. The number of halogens is 1. The molecule has 2 fully saturated rings. The van der Waals surface area contributed by atoms with E-state index in [2.05, 4.69) is 45.5 Å². The Hall–Kier alpha value is -0.870. The predicted octanol–water partition coefficient (Wildman–Crippen LogP) is 4.88. The molecular weight excluding hydrogens is 366 g/mol. The van der Waals surface area contributed by atoms with Gasteiger partial charge in [0.25, 0.3) is 0 Å². The van der Waals surface area contributed by atoms with E-state index >= 15 is 0 Å². The second-order valence-corrected chi connectivity index (χ2v) is 8.44. The number of hydrogen-bond acceptors (Lipinski definition) is 2. The zero-order chi connectivity index (χ0) is 17.0. The number of rotatable bonds is 5. The normalized spacial score (nSPS) is 26.9. The highest BCUT2D eigenvalue weighted by Gasteiger charge is 2.36. The van der Waals surface area contributed by atoms with Crippen molar-refractivity contribution in [1.82, 2.24) is 5.32 Å². The molecule has 3 rings (SSSR count). The lowest BCUT2D eigenvalue weighted by Crippen LogP contribution is -2.45. The van der Waals surface area contributed by atoms with E-state index < -0.39 is 5.97 Å². The molecule has 0 aliphatic heterocycles. The molecule has 4 heteroatoms. The minimum atomic E-state index is -0.620. The van der Waals surface area contributed by atoms with E-state index in [4.69, 9.17) is 5.11 Å². The standard InChI is InChI=1S/C20H28BrNO2/c21-18-7-3-2-6-17(18)20(12-4-1-5-13-20)14-22-16-10-8-15(9-11-16)19(23)24/h2-3,6-7,15-16,22H,1,4-5,8-14H2,(H,23,24). The van der Waals surface area contributed by atoms with Crippen LogP contribution in [0.25, 0.3) is 0 Å². The van der Waals surface area contributed by atoms with Gasteiger partial charge in [-0.15, -0.1) is 0 Å². The van der Waals surface area contributed by atoms with Crippen molar-refractivity contribution in [2.75, 3.05) is 6.54 Å². The molecule has 0 bridgehead atoms. The van der Waals surface area contributed by atoms with Gasteiger partial charge in [-0.05, 0) is 50.2 Å². The van der Waals surface area contributed by atoms with E-state index in [1.54, 1.807) is 0 Å². The Morgan fingerprint density at radius 3 is 2.42 bits per heavy atom. The number of carboxylic acids is 1. The van der Waals surface area contributed by atoms with Gasteiger partial charge >= 0.3 is 5.97 Å². The summed E-state index contributed by atoms with van der Waals surface area (Å²) in [5, 5.41) is 13.0. The fourth-order valence-electron chi connectivity index (χ4n) is 4.55. The third-order valence-electron chi connectivity index (χ3n) is 6.06. The van der Waals surface area contributed by atoms with Gasteiger partial charge in [-0.25, -0.2) is 0 Å². The summed E-state index contributed by atoms with van der Waals surface area (Å²) in [5.74, 6) is -0.750. The summed E-state index contributed by atoms with van der Waals surface area (Å²) in [6.45, 7) is 1.01. The van der Waals surface area contributed by atoms with Gasteiger partial charge in [0.05, 0.1) is 5.92 Å². The van der Waals surface area contributed by atoms with Crippen molar-refractivity contribution in [3.05, 3.63) is 34.3 Å². The van der Waals surface area contributed by atoms with Crippen LogP contribution in [0, 0.1) is 5.92 Å². The smallest absolute Gasteiger partial charge is 0.306 e. The van der Waals surface area contributed by atoms with Crippen molar-refractivity contribution in [2.45, 2.75) is 69.2 Å². The Balaban J connectivity index is 1.66. The Morgan fingerprint density at radius 1 is 1.12 bits per heavy atom. The van der Waals surface area contributed by atoms with Gasteiger partial charge in [0.1, 0.15) is 0 Å². The molecule has 2 aliphatic rings. The number of carbonyl (C=O) groups is 1. The Labute approximate surface area is 153 Å². The molecule has 0 saturated heterocycles. The first-order chi connectivity index (χ1) is 11.6. The number of nitrogens with one attached hydrogen (secondary N) is 1. The van der Waals surface area contributed by atoms with Crippen molar-refractivity contribution in [2.24, 2.45) is 5.92 Å². The summed E-state index contributed by atoms with van der Waals surface area (Å²) in [4.78, 5) is 11.1. The van der Waals surface area contributed by atoms with E-state index in [0.29, 0.717) is 6.04 Å². The molecule has 0 atom stereocenters. The van der Waals surface area contributed by atoms with Crippen LogP contribution in [0.4, 0.5) is 0 Å². The summed E-state index contributed by atoms with van der Waals surface area (Å²) in [6.07, 6.45) is 10.0. The lowest BCUT2D eigenvalue weighted by molar-refractivity contribution is -0.142. The average molecular weight is 394 g/mol. The average Bonchev–Trinajstić information content (AvgIpc) is 2.61. The zero-order valence-electron chi connectivity index (χ0n) is 14.3. The Bertz CT molecular complexity index is 561. The molecule has 1 aromatic rings. The predicted molar refractivity (Wildman–Crippen MR) is 100 cm³/mol. The molecule has 2 aliphatic carbocycles. The summed E-state index contributed by atoms with van der Waals surface area (Å²) >= 11 is 3.76. The third-order valence-corrected chi connectivity index (χ3v) is 6.75. The second kappa shape index (κ2) is 8.01. The van der Waals surface area contributed by atoms with Crippen LogP contribution in [-0.4, -0.2) is 23.7 Å². The van der Waals surface area contributed by atoms with E-state index in [1.165, 1.54) is 42.1 Å². The Kier molecular flexibility index (Phi) is 5.98. The minimum absolute atomic E-state index is 0.130. The topological polar surface area (TPSA) is 49.3 Å². The first kappa shape index (κ1) is 17.9.